The van der Waals surface area contributed by atoms with Crippen molar-refractivity contribution in [3.63, 3.8) is 0 Å². The third-order valence-corrected chi connectivity index (χ3v) is 3.98. The van der Waals surface area contributed by atoms with Crippen LogP contribution in [0.4, 0.5) is 0 Å². The van der Waals surface area contributed by atoms with Gasteiger partial charge in [-0.15, -0.1) is 0 Å². The molecule has 0 aliphatic carbocycles. The van der Waals surface area contributed by atoms with Crippen molar-refractivity contribution in [2.24, 2.45) is 0 Å². The van der Waals surface area contributed by atoms with Gasteiger partial charge in [0.1, 0.15) is 0 Å². The van der Waals surface area contributed by atoms with Gasteiger partial charge in [-0.1, -0.05) is 13.8 Å². The van der Waals surface area contributed by atoms with E-state index in [0.717, 1.165) is 25.7 Å². The SMILES string of the molecule is CCC1(CC)CC(NCC(C)(O)C(=O)O)CCO1. The zero-order valence-electron chi connectivity index (χ0n) is 11.5. The molecular formula is C13H25NO4. The van der Waals surface area contributed by atoms with Gasteiger partial charge in [0, 0.05) is 19.2 Å². The molecule has 1 aliphatic rings. The normalized spacial score (nSPS) is 26.6. The summed E-state index contributed by atoms with van der Waals surface area (Å²) < 4.78 is 5.85. The molecule has 0 aromatic carbocycles. The van der Waals surface area contributed by atoms with Gasteiger partial charge in [-0.25, -0.2) is 4.79 Å². The van der Waals surface area contributed by atoms with Crippen LogP contribution in [0.5, 0.6) is 0 Å². The van der Waals surface area contributed by atoms with Crippen LogP contribution in [0.3, 0.4) is 0 Å². The third kappa shape index (κ3) is 3.67. The molecule has 18 heavy (non-hydrogen) atoms. The second-order valence-corrected chi connectivity index (χ2v) is 5.39. The predicted octanol–water partition coefficient (Wildman–Crippen LogP) is 1.15. The fourth-order valence-electron chi connectivity index (χ4n) is 2.36. The Bertz CT molecular complexity index is 287. The zero-order valence-corrected chi connectivity index (χ0v) is 11.5. The number of carboxylic acid groups (broad SMARTS) is 1. The average molecular weight is 259 g/mol. The van der Waals surface area contributed by atoms with Gasteiger partial charge in [-0.2, -0.15) is 0 Å². The Balaban J connectivity index is 2.51. The predicted molar refractivity (Wildman–Crippen MR) is 68.5 cm³/mol. The first-order valence-electron chi connectivity index (χ1n) is 6.68. The van der Waals surface area contributed by atoms with E-state index in [1.54, 1.807) is 0 Å². The molecule has 5 nitrogen and oxygen atoms in total. The smallest absolute Gasteiger partial charge is 0.336 e. The summed E-state index contributed by atoms with van der Waals surface area (Å²) in [7, 11) is 0. The number of carboxylic acids is 1. The highest BCUT2D eigenvalue weighted by atomic mass is 16.5. The standard InChI is InChI=1S/C13H25NO4/c1-4-13(5-2)8-10(6-7-18-13)14-9-12(3,17)11(15)16/h10,14,17H,4-9H2,1-3H3,(H,15,16). The van der Waals surface area contributed by atoms with Crippen molar-refractivity contribution in [1.29, 1.82) is 0 Å². The van der Waals surface area contributed by atoms with Crippen LogP contribution in [-0.2, 0) is 9.53 Å². The van der Waals surface area contributed by atoms with Crippen molar-refractivity contribution >= 4 is 5.97 Å². The van der Waals surface area contributed by atoms with Gasteiger partial charge in [-0.05, 0) is 32.6 Å². The highest BCUT2D eigenvalue weighted by Gasteiger charge is 2.36. The van der Waals surface area contributed by atoms with E-state index in [1.165, 1.54) is 6.92 Å². The lowest BCUT2D eigenvalue weighted by molar-refractivity contribution is -0.156. The topological polar surface area (TPSA) is 78.8 Å². The fourth-order valence-corrected chi connectivity index (χ4v) is 2.36. The molecule has 1 rings (SSSR count). The summed E-state index contributed by atoms with van der Waals surface area (Å²) >= 11 is 0. The summed E-state index contributed by atoms with van der Waals surface area (Å²) in [4.78, 5) is 10.8. The van der Waals surface area contributed by atoms with Gasteiger partial charge in [0.15, 0.2) is 5.60 Å². The van der Waals surface area contributed by atoms with Gasteiger partial charge in [0.2, 0.25) is 0 Å². The van der Waals surface area contributed by atoms with Crippen LogP contribution in [0.15, 0.2) is 0 Å². The molecule has 1 saturated heterocycles. The maximum absolute atomic E-state index is 10.8. The molecule has 0 aromatic heterocycles. The Labute approximate surface area is 109 Å². The van der Waals surface area contributed by atoms with E-state index in [2.05, 4.69) is 19.2 Å². The monoisotopic (exact) mass is 259 g/mol. The molecule has 0 bridgehead atoms. The molecule has 5 heteroatoms. The Hall–Kier alpha value is -0.650. The second kappa shape index (κ2) is 5.99. The van der Waals surface area contributed by atoms with Crippen LogP contribution in [-0.4, -0.2) is 46.6 Å². The van der Waals surface area contributed by atoms with Crippen LogP contribution < -0.4 is 5.32 Å². The number of aliphatic carboxylic acids is 1. The lowest BCUT2D eigenvalue weighted by Gasteiger charge is -2.40. The maximum atomic E-state index is 10.8. The molecule has 0 amide bonds. The molecule has 0 saturated carbocycles. The van der Waals surface area contributed by atoms with Crippen molar-refractivity contribution < 1.29 is 19.7 Å². The first-order valence-corrected chi connectivity index (χ1v) is 6.68. The quantitative estimate of drug-likeness (QED) is 0.667. The lowest BCUT2D eigenvalue weighted by atomic mass is 9.85. The van der Waals surface area contributed by atoms with Crippen LogP contribution in [0.1, 0.15) is 46.5 Å². The van der Waals surface area contributed by atoms with Gasteiger partial charge >= 0.3 is 5.97 Å². The van der Waals surface area contributed by atoms with Crippen molar-refractivity contribution in [3.8, 4) is 0 Å². The highest BCUT2D eigenvalue weighted by Crippen LogP contribution is 2.31. The molecule has 1 heterocycles. The minimum Gasteiger partial charge on any atom is -0.479 e. The Kier molecular flexibility index (Phi) is 5.13. The largest absolute Gasteiger partial charge is 0.479 e. The molecule has 106 valence electrons. The molecule has 2 unspecified atom stereocenters. The van der Waals surface area contributed by atoms with E-state index < -0.39 is 11.6 Å². The third-order valence-electron chi connectivity index (χ3n) is 3.98. The zero-order chi connectivity index (χ0) is 13.8. The molecule has 0 aromatic rings. The van der Waals surface area contributed by atoms with E-state index in [0.29, 0.717) is 6.61 Å². The number of aliphatic hydroxyl groups is 1. The summed E-state index contributed by atoms with van der Waals surface area (Å²) in [6, 6.07) is 0.212. The van der Waals surface area contributed by atoms with Crippen LogP contribution in [0.25, 0.3) is 0 Å². The molecule has 1 fully saturated rings. The van der Waals surface area contributed by atoms with Crippen molar-refractivity contribution in [2.75, 3.05) is 13.2 Å². The van der Waals surface area contributed by atoms with E-state index in [-0.39, 0.29) is 18.2 Å². The number of rotatable bonds is 6. The maximum Gasteiger partial charge on any atom is 0.336 e. The first-order chi connectivity index (χ1) is 8.35. The Morgan fingerprint density at radius 2 is 2.11 bits per heavy atom. The van der Waals surface area contributed by atoms with Crippen LogP contribution in [0, 0.1) is 0 Å². The highest BCUT2D eigenvalue weighted by molar-refractivity contribution is 5.76. The van der Waals surface area contributed by atoms with E-state index >= 15 is 0 Å². The number of nitrogens with one attached hydrogen (secondary N) is 1. The molecule has 3 N–H and O–H groups in total. The Morgan fingerprint density at radius 1 is 1.50 bits per heavy atom. The molecule has 2 atom stereocenters. The fraction of sp³-hybridized carbons (Fsp3) is 0.923. The minimum atomic E-state index is -1.71. The number of hydrogen-bond donors (Lipinski definition) is 3. The van der Waals surface area contributed by atoms with Gasteiger partial charge in [0.25, 0.3) is 0 Å². The van der Waals surface area contributed by atoms with Gasteiger partial charge < -0.3 is 20.3 Å². The molecule has 1 aliphatic heterocycles. The van der Waals surface area contributed by atoms with E-state index in [9.17, 15) is 9.90 Å². The average Bonchev–Trinajstić information content (AvgIpc) is 2.36. The number of hydrogen-bond acceptors (Lipinski definition) is 4. The lowest BCUT2D eigenvalue weighted by Crippen LogP contribution is -2.52. The summed E-state index contributed by atoms with van der Waals surface area (Å²) in [6.07, 6.45) is 3.64. The summed E-state index contributed by atoms with van der Waals surface area (Å²) in [5, 5.41) is 21.7. The van der Waals surface area contributed by atoms with Crippen molar-refractivity contribution in [1.82, 2.24) is 5.32 Å². The molecule has 0 radical (unpaired) electrons. The minimum absolute atomic E-state index is 0.0660. The van der Waals surface area contributed by atoms with Crippen molar-refractivity contribution in [3.05, 3.63) is 0 Å². The van der Waals surface area contributed by atoms with Crippen LogP contribution >= 0.6 is 0 Å². The molecular weight excluding hydrogens is 234 g/mol. The van der Waals surface area contributed by atoms with Gasteiger partial charge in [0.05, 0.1) is 5.60 Å². The number of carbonyl (C=O) groups is 1. The van der Waals surface area contributed by atoms with E-state index in [4.69, 9.17) is 9.84 Å². The summed E-state index contributed by atoms with van der Waals surface area (Å²) in [6.45, 7) is 6.29. The summed E-state index contributed by atoms with van der Waals surface area (Å²) in [5.41, 5.74) is -1.80. The van der Waals surface area contributed by atoms with Gasteiger partial charge in [-0.3, -0.25) is 0 Å². The van der Waals surface area contributed by atoms with Crippen LogP contribution in [0.2, 0.25) is 0 Å². The first kappa shape index (κ1) is 15.4. The molecule has 0 spiro atoms. The second-order valence-electron chi connectivity index (χ2n) is 5.39. The summed E-state index contributed by atoms with van der Waals surface area (Å²) in [5.74, 6) is -1.20. The Morgan fingerprint density at radius 3 is 2.61 bits per heavy atom. The van der Waals surface area contributed by atoms with Crippen molar-refractivity contribution in [2.45, 2.75) is 63.7 Å². The van der Waals surface area contributed by atoms with E-state index in [1.807, 2.05) is 0 Å². The number of ether oxygens (including phenoxy) is 1.